The van der Waals surface area contributed by atoms with Crippen molar-refractivity contribution in [3.63, 3.8) is 0 Å². The SMILES string of the molecule is CC[N+](NCCN)(NCCN)NCCN.[Cl-]. The molecule has 0 saturated heterocycles. The Kier molecular flexibility index (Phi) is 13.2. The number of hydrogen-bond acceptors (Lipinski definition) is 6. The summed E-state index contributed by atoms with van der Waals surface area (Å²) < 4.78 is 0. The number of rotatable bonds is 10. The Balaban J connectivity index is 0. The zero-order valence-electron chi connectivity index (χ0n) is 10.0. The average molecular weight is 256 g/mol. The molecule has 0 atom stereocenters. The lowest BCUT2D eigenvalue weighted by Crippen LogP contribution is -3.00. The lowest BCUT2D eigenvalue weighted by atomic mass is 10.6. The highest BCUT2D eigenvalue weighted by molar-refractivity contribution is 4.40. The molecule has 0 aliphatic carbocycles. The van der Waals surface area contributed by atoms with Crippen LogP contribution in [0.5, 0.6) is 0 Å². The topological polar surface area (TPSA) is 114 Å². The van der Waals surface area contributed by atoms with E-state index >= 15 is 0 Å². The Labute approximate surface area is 104 Å². The van der Waals surface area contributed by atoms with Crippen LogP contribution in [-0.2, 0) is 0 Å². The van der Waals surface area contributed by atoms with Gasteiger partial charge in [-0.05, 0) is 6.92 Å². The molecular weight excluding hydrogens is 230 g/mol. The summed E-state index contributed by atoms with van der Waals surface area (Å²) in [6.45, 7) is 6.85. The molecule has 0 amide bonds. The molecular formula is C8H26ClN7. The van der Waals surface area contributed by atoms with Crippen LogP contribution in [0.4, 0.5) is 0 Å². The van der Waals surface area contributed by atoms with E-state index in [0.29, 0.717) is 24.4 Å². The fraction of sp³-hybridized carbons (Fsp3) is 1.00. The van der Waals surface area contributed by atoms with Gasteiger partial charge in [0.05, 0.1) is 19.6 Å². The van der Waals surface area contributed by atoms with Gasteiger partial charge in [-0.15, -0.1) is 16.3 Å². The molecule has 0 aromatic rings. The van der Waals surface area contributed by atoms with E-state index in [4.69, 9.17) is 17.2 Å². The smallest absolute Gasteiger partial charge is 0.132 e. The van der Waals surface area contributed by atoms with Gasteiger partial charge < -0.3 is 29.6 Å². The first-order chi connectivity index (χ1) is 7.24. The van der Waals surface area contributed by atoms with Gasteiger partial charge in [-0.2, -0.15) is 0 Å². The molecule has 0 saturated carbocycles. The van der Waals surface area contributed by atoms with Gasteiger partial charge in [-0.3, -0.25) is 0 Å². The summed E-state index contributed by atoms with van der Waals surface area (Å²) in [5.41, 5.74) is 26.3. The third-order valence-corrected chi connectivity index (χ3v) is 2.05. The van der Waals surface area contributed by atoms with Crippen LogP contribution in [0.25, 0.3) is 0 Å². The van der Waals surface area contributed by atoms with Gasteiger partial charge >= 0.3 is 0 Å². The summed E-state index contributed by atoms with van der Waals surface area (Å²) in [4.78, 5) is 0.394. The molecule has 0 aliphatic rings. The molecule has 0 aromatic carbocycles. The summed E-state index contributed by atoms with van der Waals surface area (Å²) in [5.74, 6) is 0. The van der Waals surface area contributed by atoms with E-state index in [1.165, 1.54) is 0 Å². The number of nitrogens with one attached hydrogen (secondary N) is 3. The standard InChI is InChI=1S/C8H26N7.ClH/c1-2-15(12-6-3-9,13-7-4-10)14-8-5-11;/h12-14H,2-11H2,1H3;1H/q+1;/p-1. The first-order valence-electron chi connectivity index (χ1n) is 5.48. The molecule has 7 nitrogen and oxygen atoms in total. The zero-order chi connectivity index (χ0) is 11.6. The average Bonchev–Trinajstić information content (AvgIpc) is 2.29. The highest BCUT2D eigenvalue weighted by Gasteiger charge is 2.24. The summed E-state index contributed by atoms with van der Waals surface area (Å²) in [6, 6.07) is 0. The molecule has 0 heterocycles. The van der Waals surface area contributed by atoms with Gasteiger partial charge in [-0.1, -0.05) is 4.81 Å². The predicted octanol–water partition coefficient (Wildman–Crippen LogP) is -5.78. The van der Waals surface area contributed by atoms with Gasteiger partial charge in [0, 0.05) is 19.6 Å². The van der Waals surface area contributed by atoms with Crippen LogP contribution >= 0.6 is 0 Å². The molecule has 100 valence electrons. The Bertz CT molecular complexity index is 125. The number of quaternary nitrogens is 1. The van der Waals surface area contributed by atoms with Gasteiger partial charge in [0.1, 0.15) is 6.54 Å². The molecule has 8 heteroatoms. The van der Waals surface area contributed by atoms with Crippen LogP contribution in [0.2, 0.25) is 0 Å². The van der Waals surface area contributed by atoms with Crippen molar-refractivity contribution in [1.29, 1.82) is 0 Å². The highest BCUT2D eigenvalue weighted by atomic mass is 35.5. The molecule has 0 unspecified atom stereocenters. The van der Waals surface area contributed by atoms with E-state index in [-0.39, 0.29) is 12.4 Å². The number of nitrogens with zero attached hydrogens (tertiary/aromatic N) is 1. The monoisotopic (exact) mass is 255 g/mol. The van der Waals surface area contributed by atoms with Crippen molar-refractivity contribution in [2.45, 2.75) is 6.92 Å². The van der Waals surface area contributed by atoms with Crippen LogP contribution < -0.4 is 45.9 Å². The summed E-state index contributed by atoms with van der Waals surface area (Å²) in [6.07, 6.45) is 0. The highest BCUT2D eigenvalue weighted by Crippen LogP contribution is 1.89. The van der Waals surface area contributed by atoms with Crippen molar-refractivity contribution in [2.24, 2.45) is 17.2 Å². The molecule has 16 heavy (non-hydrogen) atoms. The first-order valence-corrected chi connectivity index (χ1v) is 5.48. The second-order valence-corrected chi connectivity index (χ2v) is 3.22. The van der Waals surface area contributed by atoms with Gasteiger partial charge in [-0.25, -0.2) is 0 Å². The minimum Gasteiger partial charge on any atom is -1.00 e. The number of nitrogens with two attached hydrogens (primary N) is 3. The van der Waals surface area contributed by atoms with Crippen molar-refractivity contribution in [3.05, 3.63) is 0 Å². The molecule has 0 rings (SSSR count). The van der Waals surface area contributed by atoms with Gasteiger partial charge in [0.2, 0.25) is 0 Å². The number of halogens is 1. The summed E-state index contributed by atoms with van der Waals surface area (Å²) in [7, 11) is 0. The van der Waals surface area contributed by atoms with Crippen molar-refractivity contribution in [1.82, 2.24) is 16.3 Å². The minimum atomic E-state index is 0. The summed E-state index contributed by atoms with van der Waals surface area (Å²) >= 11 is 0. The Morgan fingerprint density at radius 1 is 0.812 bits per heavy atom. The molecule has 0 aliphatic heterocycles. The molecule has 0 bridgehead atoms. The Morgan fingerprint density at radius 2 is 1.12 bits per heavy atom. The third kappa shape index (κ3) is 7.31. The van der Waals surface area contributed by atoms with Crippen molar-refractivity contribution in [2.75, 3.05) is 45.8 Å². The second kappa shape index (κ2) is 11.5. The van der Waals surface area contributed by atoms with Crippen molar-refractivity contribution >= 4 is 0 Å². The molecule has 0 spiro atoms. The van der Waals surface area contributed by atoms with Crippen LogP contribution in [0.1, 0.15) is 6.92 Å². The van der Waals surface area contributed by atoms with E-state index in [0.717, 1.165) is 26.2 Å². The Hall–Kier alpha value is 0.01000. The third-order valence-electron chi connectivity index (χ3n) is 2.05. The maximum atomic E-state index is 5.47. The van der Waals surface area contributed by atoms with Crippen LogP contribution in [0.15, 0.2) is 0 Å². The first kappa shape index (κ1) is 18.4. The lowest BCUT2D eigenvalue weighted by molar-refractivity contribution is -1.05. The van der Waals surface area contributed by atoms with Crippen molar-refractivity contribution in [3.8, 4) is 0 Å². The summed E-state index contributed by atoms with van der Waals surface area (Å²) in [5, 5.41) is 0. The maximum absolute atomic E-state index is 5.47. The lowest BCUT2D eigenvalue weighted by Gasteiger charge is -2.35. The quantitative estimate of drug-likeness (QED) is 0.171. The number of hydrogen-bond donors (Lipinski definition) is 6. The normalized spacial score (nSPS) is 11.2. The Morgan fingerprint density at radius 3 is 1.31 bits per heavy atom. The maximum Gasteiger partial charge on any atom is 0.132 e. The fourth-order valence-corrected chi connectivity index (χ4v) is 1.27. The van der Waals surface area contributed by atoms with E-state index < -0.39 is 0 Å². The van der Waals surface area contributed by atoms with Crippen LogP contribution in [0.3, 0.4) is 0 Å². The molecule has 0 fully saturated rings. The van der Waals surface area contributed by atoms with E-state index in [9.17, 15) is 0 Å². The second-order valence-electron chi connectivity index (χ2n) is 3.22. The van der Waals surface area contributed by atoms with Crippen LogP contribution in [0, 0.1) is 0 Å². The molecule has 0 radical (unpaired) electrons. The fourth-order valence-electron chi connectivity index (χ4n) is 1.27. The van der Waals surface area contributed by atoms with Crippen LogP contribution in [-0.4, -0.2) is 50.6 Å². The largest absolute Gasteiger partial charge is 1.00 e. The minimum absolute atomic E-state index is 0. The van der Waals surface area contributed by atoms with E-state index in [1.54, 1.807) is 0 Å². The molecule has 9 N–H and O–H groups in total. The van der Waals surface area contributed by atoms with Gasteiger partial charge in [0.25, 0.3) is 0 Å². The molecule has 0 aromatic heterocycles. The predicted molar refractivity (Wildman–Crippen MR) is 62.0 cm³/mol. The van der Waals surface area contributed by atoms with Gasteiger partial charge in [0.15, 0.2) is 0 Å². The van der Waals surface area contributed by atoms with E-state index in [2.05, 4.69) is 23.2 Å². The van der Waals surface area contributed by atoms with E-state index in [1.807, 2.05) is 0 Å². The zero-order valence-corrected chi connectivity index (χ0v) is 10.8. The van der Waals surface area contributed by atoms with Crippen molar-refractivity contribution < 1.29 is 17.2 Å².